The molecular formula is C17H20N2O. The largest absolute Gasteiger partial charge is 0.508 e. The van der Waals surface area contributed by atoms with Gasteiger partial charge in [-0.3, -0.25) is 4.90 Å². The van der Waals surface area contributed by atoms with Crippen molar-refractivity contribution >= 4 is 5.69 Å². The molecule has 1 unspecified atom stereocenters. The molecule has 104 valence electrons. The molecule has 0 aliphatic carbocycles. The van der Waals surface area contributed by atoms with Crippen molar-refractivity contribution in [1.29, 1.82) is 0 Å². The van der Waals surface area contributed by atoms with E-state index in [4.69, 9.17) is 5.73 Å². The number of rotatable bonds is 2. The fraction of sp³-hybridized carbons (Fsp3) is 0.294. The van der Waals surface area contributed by atoms with Gasteiger partial charge in [-0.15, -0.1) is 0 Å². The summed E-state index contributed by atoms with van der Waals surface area (Å²) in [5, 5.41) is 9.38. The van der Waals surface area contributed by atoms with Gasteiger partial charge in [-0.05, 0) is 48.2 Å². The van der Waals surface area contributed by atoms with Crippen LogP contribution < -0.4 is 5.73 Å². The second-order valence-corrected chi connectivity index (χ2v) is 5.47. The first-order chi connectivity index (χ1) is 9.65. The van der Waals surface area contributed by atoms with Crippen molar-refractivity contribution in [2.45, 2.75) is 25.9 Å². The maximum Gasteiger partial charge on any atom is 0.115 e. The van der Waals surface area contributed by atoms with E-state index in [1.165, 1.54) is 16.7 Å². The Kier molecular flexibility index (Phi) is 3.36. The number of anilines is 1. The average molecular weight is 268 g/mol. The van der Waals surface area contributed by atoms with Crippen LogP contribution in [0.5, 0.6) is 5.75 Å². The number of hydrogen-bond donors (Lipinski definition) is 2. The monoisotopic (exact) mass is 268 g/mol. The summed E-state index contributed by atoms with van der Waals surface area (Å²) in [5.74, 6) is 0.317. The van der Waals surface area contributed by atoms with Crippen molar-refractivity contribution < 1.29 is 5.11 Å². The van der Waals surface area contributed by atoms with Gasteiger partial charge in [-0.1, -0.05) is 24.3 Å². The smallest absolute Gasteiger partial charge is 0.115 e. The van der Waals surface area contributed by atoms with Crippen LogP contribution in [0.1, 0.15) is 29.7 Å². The Morgan fingerprint density at radius 2 is 1.90 bits per heavy atom. The number of nitrogens with zero attached hydrogens (tertiary/aromatic N) is 1. The third kappa shape index (κ3) is 2.37. The number of hydrogen-bond acceptors (Lipinski definition) is 3. The molecule has 0 saturated heterocycles. The van der Waals surface area contributed by atoms with Gasteiger partial charge in [-0.2, -0.15) is 0 Å². The lowest BCUT2D eigenvalue weighted by molar-refractivity contribution is 0.192. The molecule has 2 aromatic rings. The highest BCUT2D eigenvalue weighted by Gasteiger charge is 2.22. The number of nitrogens with two attached hydrogens (primary N) is 1. The van der Waals surface area contributed by atoms with Gasteiger partial charge in [0.25, 0.3) is 0 Å². The van der Waals surface area contributed by atoms with Crippen molar-refractivity contribution in [1.82, 2.24) is 4.90 Å². The molecule has 0 bridgehead atoms. The van der Waals surface area contributed by atoms with Crippen LogP contribution in [0.3, 0.4) is 0 Å². The number of nitrogen functional groups attached to an aromatic ring is 1. The van der Waals surface area contributed by atoms with E-state index in [9.17, 15) is 5.11 Å². The average Bonchev–Trinajstić information content (AvgIpc) is 2.47. The normalized spacial score (nSPS) is 16.6. The molecule has 1 atom stereocenters. The molecule has 1 aliphatic rings. The SMILES string of the molecule is CC(c1ccc(O)cc1)N1CCc2c(N)cccc2C1. The minimum Gasteiger partial charge on any atom is -0.508 e. The van der Waals surface area contributed by atoms with Crippen LogP contribution in [-0.4, -0.2) is 16.6 Å². The molecule has 1 aliphatic heterocycles. The zero-order valence-electron chi connectivity index (χ0n) is 11.7. The summed E-state index contributed by atoms with van der Waals surface area (Å²) in [5.41, 5.74) is 10.8. The topological polar surface area (TPSA) is 49.5 Å². The Hall–Kier alpha value is -2.00. The van der Waals surface area contributed by atoms with Gasteiger partial charge in [0.15, 0.2) is 0 Å². The number of phenolic OH excluding ortho intramolecular Hbond substituents is 1. The van der Waals surface area contributed by atoms with Gasteiger partial charge in [0.2, 0.25) is 0 Å². The van der Waals surface area contributed by atoms with E-state index in [1.54, 1.807) is 12.1 Å². The van der Waals surface area contributed by atoms with Crippen LogP contribution in [0, 0.1) is 0 Å². The Labute approximate surface area is 119 Å². The summed E-state index contributed by atoms with van der Waals surface area (Å²) >= 11 is 0. The minimum atomic E-state index is 0.317. The van der Waals surface area contributed by atoms with Crippen molar-refractivity contribution in [2.75, 3.05) is 12.3 Å². The third-order valence-electron chi connectivity index (χ3n) is 4.25. The van der Waals surface area contributed by atoms with E-state index in [2.05, 4.69) is 17.9 Å². The van der Waals surface area contributed by atoms with Crippen LogP contribution in [0.2, 0.25) is 0 Å². The molecule has 0 radical (unpaired) electrons. The lowest BCUT2D eigenvalue weighted by atomic mass is 9.95. The van der Waals surface area contributed by atoms with Gasteiger partial charge in [0.05, 0.1) is 0 Å². The molecule has 0 spiro atoms. The molecular weight excluding hydrogens is 248 g/mol. The molecule has 1 heterocycles. The van der Waals surface area contributed by atoms with Crippen molar-refractivity contribution in [3.63, 3.8) is 0 Å². The van der Waals surface area contributed by atoms with Crippen molar-refractivity contribution in [3.8, 4) is 5.75 Å². The Balaban J connectivity index is 1.81. The summed E-state index contributed by atoms with van der Waals surface area (Å²) < 4.78 is 0. The van der Waals surface area contributed by atoms with Crippen LogP contribution in [0.4, 0.5) is 5.69 Å². The van der Waals surface area contributed by atoms with Crippen LogP contribution in [0.15, 0.2) is 42.5 Å². The Morgan fingerprint density at radius 1 is 1.15 bits per heavy atom. The second-order valence-electron chi connectivity index (χ2n) is 5.47. The maximum atomic E-state index is 9.38. The number of fused-ring (bicyclic) bond motifs is 1. The molecule has 0 aromatic heterocycles. The van der Waals surface area contributed by atoms with E-state index in [-0.39, 0.29) is 0 Å². The molecule has 3 rings (SSSR count). The van der Waals surface area contributed by atoms with E-state index in [0.29, 0.717) is 11.8 Å². The summed E-state index contributed by atoms with van der Waals surface area (Å²) in [6.07, 6.45) is 1.00. The zero-order chi connectivity index (χ0) is 14.1. The standard InChI is InChI=1S/C17H20N2O/c1-12(13-5-7-15(20)8-6-13)19-10-9-16-14(11-19)3-2-4-17(16)18/h2-8,12,20H,9-11,18H2,1H3. The van der Waals surface area contributed by atoms with Gasteiger partial charge in [0, 0.05) is 24.8 Å². The van der Waals surface area contributed by atoms with E-state index < -0.39 is 0 Å². The molecule has 3 N–H and O–H groups in total. The van der Waals surface area contributed by atoms with Gasteiger partial charge < -0.3 is 10.8 Å². The molecule has 3 heteroatoms. The lowest BCUT2D eigenvalue weighted by Crippen LogP contribution is -2.33. The van der Waals surface area contributed by atoms with Crippen molar-refractivity contribution in [3.05, 3.63) is 59.2 Å². The minimum absolute atomic E-state index is 0.317. The zero-order valence-corrected chi connectivity index (χ0v) is 11.7. The Morgan fingerprint density at radius 3 is 2.65 bits per heavy atom. The van der Waals surface area contributed by atoms with E-state index >= 15 is 0 Å². The predicted molar refractivity (Wildman–Crippen MR) is 81.5 cm³/mol. The highest BCUT2D eigenvalue weighted by Crippen LogP contribution is 2.30. The molecule has 0 saturated carbocycles. The highest BCUT2D eigenvalue weighted by molar-refractivity contribution is 5.52. The first-order valence-corrected chi connectivity index (χ1v) is 7.04. The van der Waals surface area contributed by atoms with Gasteiger partial charge >= 0.3 is 0 Å². The van der Waals surface area contributed by atoms with Gasteiger partial charge in [0.1, 0.15) is 5.75 Å². The number of aromatic hydroxyl groups is 1. The summed E-state index contributed by atoms with van der Waals surface area (Å²) in [6, 6.07) is 14.0. The second kappa shape index (κ2) is 5.17. The molecule has 0 amide bonds. The first-order valence-electron chi connectivity index (χ1n) is 7.04. The lowest BCUT2D eigenvalue weighted by Gasteiger charge is -2.34. The maximum absolute atomic E-state index is 9.38. The molecule has 3 nitrogen and oxygen atoms in total. The number of phenols is 1. The summed E-state index contributed by atoms with van der Waals surface area (Å²) in [4.78, 5) is 2.45. The molecule has 0 fully saturated rings. The fourth-order valence-electron chi connectivity index (χ4n) is 2.96. The van der Waals surface area contributed by atoms with E-state index in [1.807, 2.05) is 24.3 Å². The highest BCUT2D eigenvalue weighted by atomic mass is 16.3. The van der Waals surface area contributed by atoms with Crippen molar-refractivity contribution in [2.24, 2.45) is 0 Å². The molecule has 20 heavy (non-hydrogen) atoms. The fourth-order valence-corrected chi connectivity index (χ4v) is 2.96. The number of benzene rings is 2. The predicted octanol–water partition coefficient (Wildman–Crippen LogP) is 3.09. The summed E-state index contributed by atoms with van der Waals surface area (Å²) in [6.45, 7) is 4.16. The molecule has 2 aromatic carbocycles. The Bertz CT molecular complexity index is 607. The quantitative estimate of drug-likeness (QED) is 0.823. The van der Waals surface area contributed by atoms with Crippen LogP contribution in [0.25, 0.3) is 0 Å². The van der Waals surface area contributed by atoms with Crippen LogP contribution >= 0.6 is 0 Å². The van der Waals surface area contributed by atoms with Crippen LogP contribution in [-0.2, 0) is 13.0 Å². The summed E-state index contributed by atoms with van der Waals surface area (Å²) in [7, 11) is 0. The van der Waals surface area contributed by atoms with Gasteiger partial charge in [-0.25, -0.2) is 0 Å². The third-order valence-corrected chi connectivity index (χ3v) is 4.25. The first kappa shape index (κ1) is 13.0. The van der Waals surface area contributed by atoms with E-state index in [0.717, 1.165) is 25.2 Å².